The fraction of sp³-hybridized carbons (Fsp3) is 0.263. The number of carbonyl (C=O) groups is 1. The third-order valence-electron chi connectivity index (χ3n) is 4.15. The number of fused-ring (bicyclic) bond motifs is 1. The predicted octanol–water partition coefficient (Wildman–Crippen LogP) is 4.00. The van der Waals surface area contributed by atoms with Gasteiger partial charge in [-0.25, -0.2) is 4.98 Å². The molecule has 0 saturated carbocycles. The molecule has 0 spiro atoms. The van der Waals surface area contributed by atoms with E-state index in [0.29, 0.717) is 6.42 Å². The number of hydrogen-bond acceptors (Lipinski definition) is 2. The average Bonchev–Trinajstić information content (AvgIpc) is 3.00. The van der Waals surface area contributed by atoms with Crippen molar-refractivity contribution >= 4 is 28.5 Å². The molecule has 3 rings (SSSR count). The van der Waals surface area contributed by atoms with Crippen LogP contribution in [0, 0.1) is 0 Å². The Morgan fingerprint density at radius 1 is 1.17 bits per heavy atom. The van der Waals surface area contributed by atoms with Crippen molar-refractivity contribution < 1.29 is 4.79 Å². The molecular weight excluding hydrogens is 322 g/mol. The van der Waals surface area contributed by atoms with Gasteiger partial charge < -0.3 is 9.88 Å². The largest absolute Gasteiger partial charge is 0.352 e. The third-order valence-corrected chi connectivity index (χ3v) is 4.52. The number of benzene rings is 2. The second-order valence-electron chi connectivity index (χ2n) is 6.02. The Labute approximate surface area is 146 Å². The van der Waals surface area contributed by atoms with Gasteiger partial charge in [-0.3, -0.25) is 4.79 Å². The Hall–Kier alpha value is -2.33. The van der Waals surface area contributed by atoms with E-state index in [-0.39, 0.29) is 18.0 Å². The van der Waals surface area contributed by atoms with Gasteiger partial charge in [0.05, 0.1) is 17.4 Å². The zero-order valence-corrected chi connectivity index (χ0v) is 14.5. The third kappa shape index (κ3) is 3.44. The Morgan fingerprint density at radius 3 is 2.67 bits per heavy atom. The van der Waals surface area contributed by atoms with Gasteiger partial charge in [-0.2, -0.15) is 0 Å². The lowest BCUT2D eigenvalue weighted by atomic mass is 10.1. The van der Waals surface area contributed by atoms with Crippen molar-refractivity contribution in [1.29, 1.82) is 0 Å². The van der Waals surface area contributed by atoms with Crippen molar-refractivity contribution in [2.45, 2.75) is 32.4 Å². The maximum Gasteiger partial charge on any atom is 0.243 e. The van der Waals surface area contributed by atoms with E-state index in [4.69, 9.17) is 11.6 Å². The van der Waals surface area contributed by atoms with E-state index in [0.717, 1.165) is 21.6 Å². The summed E-state index contributed by atoms with van der Waals surface area (Å²) < 4.78 is 1.90. The molecule has 0 fully saturated rings. The zero-order chi connectivity index (χ0) is 17.1. The van der Waals surface area contributed by atoms with Gasteiger partial charge in [-0.15, -0.1) is 0 Å². The molecule has 2 atom stereocenters. The summed E-state index contributed by atoms with van der Waals surface area (Å²) in [6.07, 6.45) is 2.41. The van der Waals surface area contributed by atoms with Crippen LogP contribution in [0.2, 0.25) is 5.02 Å². The van der Waals surface area contributed by atoms with Crippen molar-refractivity contribution in [3.05, 3.63) is 65.4 Å². The van der Waals surface area contributed by atoms with Crippen LogP contribution in [0.1, 0.15) is 25.5 Å². The quantitative estimate of drug-likeness (QED) is 0.762. The average molecular weight is 342 g/mol. The summed E-state index contributed by atoms with van der Waals surface area (Å²) in [6.45, 7) is 3.87. The Morgan fingerprint density at radius 2 is 1.88 bits per heavy atom. The fourth-order valence-corrected chi connectivity index (χ4v) is 3.03. The summed E-state index contributed by atoms with van der Waals surface area (Å²) >= 11 is 6.19. The molecule has 0 unspecified atom stereocenters. The van der Waals surface area contributed by atoms with Crippen molar-refractivity contribution in [2.75, 3.05) is 0 Å². The van der Waals surface area contributed by atoms with Crippen molar-refractivity contribution in [3.63, 3.8) is 0 Å². The molecule has 1 N–H and O–H groups in total. The molecule has 0 saturated heterocycles. The van der Waals surface area contributed by atoms with Crippen LogP contribution >= 0.6 is 11.6 Å². The molecule has 0 radical (unpaired) electrons. The fourth-order valence-electron chi connectivity index (χ4n) is 2.82. The molecule has 0 aliphatic rings. The van der Waals surface area contributed by atoms with Crippen molar-refractivity contribution in [1.82, 2.24) is 14.9 Å². The molecule has 0 aliphatic heterocycles. The number of carbonyl (C=O) groups excluding carboxylic acids is 1. The first-order chi connectivity index (χ1) is 11.6. The van der Waals surface area contributed by atoms with E-state index in [9.17, 15) is 4.79 Å². The first-order valence-electron chi connectivity index (χ1n) is 8.01. The van der Waals surface area contributed by atoms with Crippen LogP contribution in [0.25, 0.3) is 11.0 Å². The highest BCUT2D eigenvalue weighted by atomic mass is 35.5. The highest BCUT2D eigenvalue weighted by molar-refractivity contribution is 6.31. The maximum absolute atomic E-state index is 12.6. The SMILES string of the molecule is C[C@@H](Cc1ccccc1Cl)NC(=O)[C@H](C)n1cnc2ccccc21. The molecule has 124 valence electrons. The second kappa shape index (κ2) is 7.05. The predicted molar refractivity (Wildman–Crippen MR) is 97.2 cm³/mol. The number of hydrogen-bond donors (Lipinski definition) is 1. The summed E-state index contributed by atoms with van der Waals surface area (Å²) in [5.74, 6) is -0.0299. The highest BCUT2D eigenvalue weighted by Gasteiger charge is 2.19. The first kappa shape index (κ1) is 16.5. The summed E-state index contributed by atoms with van der Waals surface area (Å²) in [4.78, 5) is 16.9. The Balaban J connectivity index is 1.69. The van der Waals surface area contributed by atoms with E-state index in [1.807, 2.05) is 66.9 Å². The minimum Gasteiger partial charge on any atom is -0.352 e. The summed E-state index contributed by atoms with van der Waals surface area (Å²) in [5, 5.41) is 3.79. The van der Waals surface area contributed by atoms with Crippen LogP contribution in [-0.4, -0.2) is 21.5 Å². The molecule has 0 aliphatic carbocycles. The second-order valence-corrected chi connectivity index (χ2v) is 6.43. The summed E-state index contributed by atoms with van der Waals surface area (Å²) in [5.41, 5.74) is 2.88. The minimum atomic E-state index is -0.328. The van der Waals surface area contributed by atoms with Crippen LogP contribution in [0.4, 0.5) is 0 Å². The molecule has 1 amide bonds. The first-order valence-corrected chi connectivity index (χ1v) is 8.39. The van der Waals surface area contributed by atoms with E-state index in [1.54, 1.807) is 6.33 Å². The Kier molecular flexibility index (Phi) is 4.86. The van der Waals surface area contributed by atoms with Gasteiger partial charge in [0.1, 0.15) is 6.04 Å². The van der Waals surface area contributed by atoms with E-state index in [1.165, 1.54) is 0 Å². The van der Waals surface area contributed by atoms with Crippen LogP contribution in [0.15, 0.2) is 54.9 Å². The number of halogens is 1. The molecule has 1 heterocycles. The number of imidazole rings is 1. The smallest absolute Gasteiger partial charge is 0.243 e. The lowest BCUT2D eigenvalue weighted by Crippen LogP contribution is -2.38. The van der Waals surface area contributed by atoms with Gasteiger partial charge >= 0.3 is 0 Å². The number of amides is 1. The summed E-state index contributed by atoms with van der Waals surface area (Å²) in [7, 11) is 0. The van der Waals surface area contributed by atoms with Gasteiger partial charge in [0.15, 0.2) is 0 Å². The van der Waals surface area contributed by atoms with Gasteiger partial charge in [-0.05, 0) is 44.0 Å². The van der Waals surface area contributed by atoms with Gasteiger partial charge in [-0.1, -0.05) is 41.9 Å². The van der Waals surface area contributed by atoms with E-state index in [2.05, 4.69) is 10.3 Å². The zero-order valence-electron chi connectivity index (χ0n) is 13.7. The molecule has 5 heteroatoms. The molecule has 2 aromatic carbocycles. The van der Waals surface area contributed by atoms with E-state index < -0.39 is 0 Å². The van der Waals surface area contributed by atoms with Gasteiger partial charge in [0, 0.05) is 11.1 Å². The maximum atomic E-state index is 12.6. The monoisotopic (exact) mass is 341 g/mol. The van der Waals surface area contributed by atoms with Crippen molar-refractivity contribution in [2.24, 2.45) is 0 Å². The number of rotatable bonds is 5. The number of nitrogens with zero attached hydrogens (tertiary/aromatic N) is 2. The summed E-state index contributed by atoms with van der Waals surface area (Å²) in [6, 6.07) is 15.2. The van der Waals surface area contributed by atoms with Crippen molar-refractivity contribution in [3.8, 4) is 0 Å². The molecule has 24 heavy (non-hydrogen) atoms. The number of nitrogens with one attached hydrogen (secondary N) is 1. The normalized spacial score (nSPS) is 13.6. The highest BCUT2D eigenvalue weighted by Crippen LogP contribution is 2.19. The van der Waals surface area contributed by atoms with Crippen LogP contribution in [0.3, 0.4) is 0 Å². The lowest BCUT2D eigenvalue weighted by Gasteiger charge is -2.19. The Bertz CT molecular complexity index is 858. The lowest BCUT2D eigenvalue weighted by molar-refractivity contribution is -0.124. The molecular formula is C19H20ClN3O. The molecule has 0 bridgehead atoms. The van der Waals surface area contributed by atoms with Crippen LogP contribution < -0.4 is 5.32 Å². The van der Waals surface area contributed by atoms with Crippen LogP contribution in [-0.2, 0) is 11.2 Å². The number of aromatic nitrogens is 2. The number of para-hydroxylation sites is 2. The molecule has 3 aromatic rings. The standard InChI is InChI=1S/C19H20ClN3O/c1-13(11-15-7-3-4-8-16(15)20)22-19(24)14(2)23-12-21-17-9-5-6-10-18(17)23/h3-10,12-14H,11H2,1-2H3,(H,22,24)/t13-,14-/m0/s1. The van der Waals surface area contributed by atoms with E-state index >= 15 is 0 Å². The van der Waals surface area contributed by atoms with Crippen LogP contribution in [0.5, 0.6) is 0 Å². The topological polar surface area (TPSA) is 46.9 Å². The van der Waals surface area contributed by atoms with Gasteiger partial charge in [0.25, 0.3) is 0 Å². The molecule has 4 nitrogen and oxygen atoms in total. The minimum absolute atomic E-state index is 0.00497. The molecule has 1 aromatic heterocycles. The van der Waals surface area contributed by atoms with Gasteiger partial charge in [0.2, 0.25) is 5.91 Å².